The molecule has 2 aromatic rings. The Morgan fingerprint density at radius 2 is 1.74 bits per heavy atom. The van der Waals surface area contributed by atoms with Gasteiger partial charge in [0.2, 0.25) is 0 Å². The molecule has 0 N–H and O–H groups in total. The zero-order valence-corrected chi connectivity index (χ0v) is 14.2. The molecular formula is C21H19ClO. The molecule has 0 aromatic heterocycles. The molecule has 23 heavy (non-hydrogen) atoms. The number of Topliss-reactive ketones (excluding diaryl/α,β-unsaturated/α-hetero) is 1. The van der Waals surface area contributed by atoms with Crippen LogP contribution in [0.2, 0.25) is 5.02 Å². The number of halogens is 1. The first kappa shape index (κ1) is 14.7. The van der Waals surface area contributed by atoms with Gasteiger partial charge in [0.05, 0.1) is 0 Å². The largest absolute Gasteiger partial charge is 0.295 e. The molecule has 2 aliphatic rings. The second-order valence-electron chi connectivity index (χ2n) is 6.69. The van der Waals surface area contributed by atoms with E-state index >= 15 is 0 Å². The van der Waals surface area contributed by atoms with E-state index in [0.29, 0.717) is 12.2 Å². The van der Waals surface area contributed by atoms with Crippen LogP contribution in [0.25, 0.3) is 16.7 Å². The van der Waals surface area contributed by atoms with Crippen molar-refractivity contribution in [3.63, 3.8) is 0 Å². The van der Waals surface area contributed by atoms with Crippen LogP contribution < -0.4 is 0 Å². The summed E-state index contributed by atoms with van der Waals surface area (Å²) >= 11 is 6.40. The summed E-state index contributed by atoms with van der Waals surface area (Å²) in [6, 6.07) is 12.6. The summed E-state index contributed by atoms with van der Waals surface area (Å²) in [6.45, 7) is 4.17. The Bertz CT molecular complexity index is 843. The van der Waals surface area contributed by atoms with Crippen molar-refractivity contribution >= 4 is 23.0 Å². The fourth-order valence-electron chi connectivity index (χ4n) is 4.12. The summed E-state index contributed by atoms with van der Waals surface area (Å²) in [5, 5.41) is 0.741. The van der Waals surface area contributed by atoms with Gasteiger partial charge in [-0.25, -0.2) is 0 Å². The van der Waals surface area contributed by atoms with Crippen LogP contribution in [0.15, 0.2) is 42.0 Å². The molecule has 116 valence electrons. The number of fused-ring (bicyclic) bond motifs is 3. The molecule has 4 rings (SSSR count). The Morgan fingerprint density at radius 1 is 1.04 bits per heavy atom. The van der Waals surface area contributed by atoms with Crippen LogP contribution in [0.1, 0.15) is 48.8 Å². The second kappa shape index (κ2) is 5.35. The molecule has 0 spiro atoms. The fourth-order valence-corrected chi connectivity index (χ4v) is 4.34. The number of aryl methyl sites for hydroxylation is 1. The van der Waals surface area contributed by atoms with Crippen molar-refractivity contribution in [2.75, 3.05) is 0 Å². The van der Waals surface area contributed by atoms with Gasteiger partial charge in [0.25, 0.3) is 0 Å². The minimum absolute atomic E-state index is 0.250. The van der Waals surface area contributed by atoms with E-state index in [1.54, 1.807) is 0 Å². The maximum absolute atomic E-state index is 12.4. The van der Waals surface area contributed by atoms with E-state index in [1.165, 1.54) is 27.8 Å². The van der Waals surface area contributed by atoms with E-state index in [9.17, 15) is 4.79 Å². The van der Waals surface area contributed by atoms with E-state index < -0.39 is 0 Å². The highest BCUT2D eigenvalue weighted by atomic mass is 35.5. The number of carbonyl (C=O) groups is 1. The van der Waals surface area contributed by atoms with Crippen molar-refractivity contribution in [2.45, 2.75) is 39.0 Å². The first-order valence-electron chi connectivity index (χ1n) is 8.21. The minimum atomic E-state index is 0.250. The number of hydrogen-bond acceptors (Lipinski definition) is 1. The lowest BCUT2D eigenvalue weighted by molar-refractivity contribution is -0.116. The van der Waals surface area contributed by atoms with Crippen molar-refractivity contribution in [3.8, 4) is 11.1 Å². The minimum Gasteiger partial charge on any atom is -0.295 e. The van der Waals surface area contributed by atoms with Crippen molar-refractivity contribution in [1.82, 2.24) is 0 Å². The molecule has 0 heterocycles. The van der Waals surface area contributed by atoms with Gasteiger partial charge in [0, 0.05) is 22.9 Å². The summed E-state index contributed by atoms with van der Waals surface area (Å²) in [5.41, 5.74) is 8.24. The Balaban J connectivity index is 1.96. The summed E-state index contributed by atoms with van der Waals surface area (Å²) in [5.74, 6) is 0.570. The summed E-state index contributed by atoms with van der Waals surface area (Å²) < 4.78 is 0. The third-order valence-electron chi connectivity index (χ3n) is 5.21. The SMILES string of the molecule is CC1=C2C(=O)CCCC2c2c1cc(Cl)cc2-c1ccc(C)cc1. The lowest BCUT2D eigenvalue weighted by Gasteiger charge is -2.23. The monoisotopic (exact) mass is 322 g/mol. The predicted octanol–water partition coefficient (Wildman–Crippen LogP) is 5.94. The lowest BCUT2D eigenvalue weighted by Crippen LogP contribution is -2.15. The van der Waals surface area contributed by atoms with Gasteiger partial charge < -0.3 is 0 Å². The molecule has 2 aromatic carbocycles. The molecule has 1 saturated carbocycles. The van der Waals surface area contributed by atoms with Gasteiger partial charge in [-0.3, -0.25) is 4.79 Å². The standard InChI is InChI=1S/C21H19ClO/c1-12-6-8-14(9-7-12)18-11-15(22)10-17-13(2)20-16(21(17)18)4-3-5-19(20)23/h6-11,16H,3-5H2,1-2H3. The highest BCUT2D eigenvalue weighted by molar-refractivity contribution is 6.31. The maximum atomic E-state index is 12.4. The average Bonchev–Trinajstić information content (AvgIpc) is 2.82. The molecule has 1 nitrogen and oxygen atoms in total. The highest BCUT2D eigenvalue weighted by Gasteiger charge is 2.37. The summed E-state index contributed by atoms with van der Waals surface area (Å²) in [7, 11) is 0. The van der Waals surface area contributed by atoms with E-state index in [1.807, 2.05) is 6.07 Å². The summed E-state index contributed by atoms with van der Waals surface area (Å²) in [4.78, 5) is 12.4. The van der Waals surface area contributed by atoms with E-state index in [2.05, 4.69) is 44.2 Å². The molecule has 2 heteroatoms. The van der Waals surface area contributed by atoms with E-state index in [0.717, 1.165) is 29.0 Å². The van der Waals surface area contributed by atoms with Crippen LogP contribution in [-0.2, 0) is 4.79 Å². The molecule has 0 saturated heterocycles. The Labute approximate surface area is 142 Å². The van der Waals surface area contributed by atoms with Gasteiger partial charge >= 0.3 is 0 Å². The normalized spacial score (nSPS) is 19.8. The second-order valence-corrected chi connectivity index (χ2v) is 7.12. The number of allylic oxidation sites excluding steroid dienone is 2. The average molecular weight is 323 g/mol. The smallest absolute Gasteiger partial charge is 0.159 e. The van der Waals surface area contributed by atoms with Gasteiger partial charge in [-0.1, -0.05) is 41.4 Å². The molecule has 1 unspecified atom stereocenters. The third kappa shape index (κ3) is 2.26. The predicted molar refractivity (Wildman–Crippen MR) is 95.8 cm³/mol. The number of carbonyl (C=O) groups excluding carboxylic acids is 1. The number of ketones is 1. The topological polar surface area (TPSA) is 17.1 Å². The third-order valence-corrected chi connectivity index (χ3v) is 5.43. The van der Waals surface area contributed by atoms with Crippen LogP contribution >= 0.6 is 11.6 Å². The van der Waals surface area contributed by atoms with Crippen LogP contribution in [0.4, 0.5) is 0 Å². The van der Waals surface area contributed by atoms with E-state index in [-0.39, 0.29) is 5.92 Å². The first-order valence-corrected chi connectivity index (χ1v) is 8.59. The van der Waals surface area contributed by atoms with Crippen LogP contribution in [0, 0.1) is 6.92 Å². The molecule has 2 aliphatic carbocycles. The van der Waals surface area contributed by atoms with Crippen molar-refractivity contribution < 1.29 is 4.79 Å². The van der Waals surface area contributed by atoms with Gasteiger partial charge in [-0.2, -0.15) is 0 Å². The van der Waals surface area contributed by atoms with E-state index in [4.69, 9.17) is 11.6 Å². The maximum Gasteiger partial charge on any atom is 0.159 e. The number of benzene rings is 2. The molecular weight excluding hydrogens is 304 g/mol. The zero-order valence-electron chi connectivity index (χ0n) is 13.4. The van der Waals surface area contributed by atoms with Gasteiger partial charge in [0.15, 0.2) is 5.78 Å². The lowest BCUT2D eigenvalue weighted by atomic mass is 9.80. The molecule has 0 bridgehead atoms. The van der Waals surface area contributed by atoms with Crippen molar-refractivity contribution in [3.05, 3.63) is 63.7 Å². The van der Waals surface area contributed by atoms with Crippen LogP contribution in [0.5, 0.6) is 0 Å². The number of hydrogen-bond donors (Lipinski definition) is 0. The summed E-state index contributed by atoms with van der Waals surface area (Å²) in [6.07, 6.45) is 2.73. The fraction of sp³-hybridized carbons (Fsp3) is 0.286. The first-order chi connectivity index (χ1) is 11.1. The Kier molecular flexibility index (Phi) is 3.42. The molecule has 1 fully saturated rings. The Morgan fingerprint density at radius 3 is 2.48 bits per heavy atom. The highest BCUT2D eigenvalue weighted by Crippen LogP contribution is 2.51. The molecule has 0 amide bonds. The van der Waals surface area contributed by atoms with Crippen LogP contribution in [0.3, 0.4) is 0 Å². The van der Waals surface area contributed by atoms with Crippen molar-refractivity contribution in [1.29, 1.82) is 0 Å². The van der Waals surface area contributed by atoms with Crippen LogP contribution in [-0.4, -0.2) is 5.78 Å². The molecule has 0 radical (unpaired) electrons. The quantitative estimate of drug-likeness (QED) is 0.635. The van der Waals surface area contributed by atoms with Gasteiger partial charge in [0.1, 0.15) is 0 Å². The van der Waals surface area contributed by atoms with Crippen molar-refractivity contribution in [2.24, 2.45) is 0 Å². The van der Waals surface area contributed by atoms with Gasteiger partial charge in [-0.15, -0.1) is 0 Å². The zero-order chi connectivity index (χ0) is 16.1. The van der Waals surface area contributed by atoms with Gasteiger partial charge in [-0.05, 0) is 66.6 Å². The Hall–Kier alpha value is -1.86. The number of rotatable bonds is 1. The molecule has 0 aliphatic heterocycles. The molecule has 1 atom stereocenters.